The zero-order valence-corrected chi connectivity index (χ0v) is 12.7. The van der Waals surface area contributed by atoms with Crippen molar-refractivity contribution in [1.82, 2.24) is 5.32 Å². The van der Waals surface area contributed by atoms with Gasteiger partial charge in [0.1, 0.15) is 17.2 Å². The third-order valence-corrected chi connectivity index (χ3v) is 2.39. The molecule has 0 aliphatic carbocycles. The van der Waals surface area contributed by atoms with Crippen LogP contribution in [0.5, 0.6) is 5.75 Å². The Hall–Kier alpha value is -2.08. The van der Waals surface area contributed by atoms with Gasteiger partial charge in [-0.2, -0.15) is 0 Å². The quantitative estimate of drug-likeness (QED) is 0.440. The number of hydrogen-bond donors (Lipinski definition) is 3. The average Bonchev–Trinajstić information content (AvgIpc) is 2.37. The zero-order chi connectivity index (χ0) is 15.9. The van der Waals surface area contributed by atoms with Crippen LogP contribution in [0.15, 0.2) is 24.3 Å². The molecule has 1 aromatic rings. The number of benzene rings is 1. The first-order valence-electron chi connectivity index (χ1n) is 6.83. The van der Waals surface area contributed by atoms with Crippen molar-refractivity contribution in [2.24, 2.45) is 5.73 Å². The van der Waals surface area contributed by atoms with Crippen LogP contribution in [0.4, 0.5) is 4.79 Å². The number of alkyl carbamates (subject to hydrolysis) is 1. The van der Waals surface area contributed by atoms with Crippen molar-refractivity contribution >= 4 is 11.9 Å². The molecule has 0 atom stereocenters. The van der Waals surface area contributed by atoms with Gasteiger partial charge in [0.15, 0.2) is 0 Å². The molecule has 0 aliphatic heterocycles. The lowest BCUT2D eigenvalue weighted by atomic mass is 10.2. The van der Waals surface area contributed by atoms with Crippen LogP contribution in [0, 0.1) is 5.41 Å². The molecule has 0 unspecified atom stereocenters. The maximum Gasteiger partial charge on any atom is 0.413 e. The van der Waals surface area contributed by atoms with Crippen molar-refractivity contribution in [2.75, 3.05) is 13.2 Å². The van der Waals surface area contributed by atoms with E-state index in [1.54, 1.807) is 45.0 Å². The molecule has 1 rings (SSSR count). The average molecular weight is 293 g/mol. The lowest BCUT2D eigenvalue weighted by molar-refractivity contribution is 0.0563. The minimum absolute atomic E-state index is 0.0160. The summed E-state index contributed by atoms with van der Waals surface area (Å²) in [5.41, 5.74) is 5.37. The van der Waals surface area contributed by atoms with E-state index in [2.05, 4.69) is 5.32 Å². The molecule has 0 saturated heterocycles. The van der Waals surface area contributed by atoms with Crippen molar-refractivity contribution in [1.29, 1.82) is 5.41 Å². The van der Waals surface area contributed by atoms with Gasteiger partial charge >= 0.3 is 6.09 Å². The van der Waals surface area contributed by atoms with E-state index in [0.717, 1.165) is 6.42 Å². The highest BCUT2D eigenvalue weighted by Crippen LogP contribution is 2.13. The predicted octanol–water partition coefficient (Wildman–Crippen LogP) is 2.26. The molecule has 4 N–H and O–H groups in total. The van der Waals surface area contributed by atoms with Crippen molar-refractivity contribution in [3.8, 4) is 5.75 Å². The fraction of sp³-hybridized carbons (Fsp3) is 0.467. The van der Waals surface area contributed by atoms with E-state index in [4.69, 9.17) is 20.6 Å². The van der Waals surface area contributed by atoms with Gasteiger partial charge in [-0.1, -0.05) is 0 Å². The zero-order valence-electron chi connectivity index (χ0n) is 12.7. The fourth-order valence-corrected chi connectivity index (χ4v) is 1.47. The number of nitrogens with two attached hydrogens (primary N) is 1. The summed E-state index contributed by atoms with van der Waals surface area (Å²) in [6.07, 6.45) is 0.147. The molecule has 1 amide bonds. The first kappa shape index (κ1) is 17.0. The van der Waals surface area contributed by atoms with Crippen LogP contribution in [0.2, 0.25) is 0 Å². The number of carbonyl (C=O) groups is 1. The number of ether oxygens (including phenoxy) is 2. The summed E-state index contributed by atoms with van der Waals surface area (Å²) in [5.74, 6) is 0.690. The van der Waals surface area contributed by atoms with Gasteiger partial charge in [-0.05, 0) is 58.0 Å². The monoisotopic (exact) mass is 293 g/mol. The van der Waals surface area contributed by atoms with Crippen molar-refractivity contribution in [3.05, 3.63) is 29.8 Å². The summed E-state index contributed by atoms with van der Waals surface area (Å²) in [6, 6.07) is 6.91. The van der Waals surface area contributed by atoms with Gasteiger partial charge in [0.25, 0.3) is 0 Å². The number of amidine groups is 1. The van der Waals surface area contributed by atoms with E-state index < -0.39 is 11.7 Å². The highest BCUT2D eigenvalue weighted by atomic mass is 16.6. The maximum absolute atomic E-state index is 11.6. The Morgan fingerprint density at radius 3 is 2.43 bits per heavy atom. The molecule has 0 saturated carbocycles. The predicted molar refractivity (Wildman–Crippen MR) is 81.8 cm³/mol. The third-order valence-electron chi connectivity index (χ3n) is 2.39. The molecule has 0 bridgehead atoms. The molecule has 21 heavy (non-hydrogen) atoms. The van der Waals surface area contributed by atoms with Crippen LogP contribution < -0.4 is 15.8 Å². The normalized spacial score (nSPS) is 10.9. The molecule has 6 heteroatoms. The van der Waals surface area contributed by atoms with Gasteiger partial charge in [-0.15, -0.1) is 0 Å². The van der Waals surface area contributed by atoms with E-state index in [1.165, 1.54) is 0 Å². The number of amides is 1. The smallest absolute Gasteiger partial charge is 0.413 e. The van der Waals surface area contributed by atoms with Gasteiger partial charge in [0.05, 0.1) is 6.61 Å². The van der Waals surface area contributed by atoms with Crippen LogP contribution in [0.1, 0.15) is 32.8 Å². The molecule has 0 spiro atoms. The Morgan fingerprint density at radius 1 is 1.29 bits per heavy atom. The van der Waals surface area contributed by atoms with E-state index in [1.807, 2.05) is 0 Å². The highest BCUT2D eigenvalue weighted by molar-refractivity contribution is 6.04. The lowest BCUT2D eigenvalue weighted by Crippen LogP contribution is -2.36. The minimum atomic E-state index is -0.643. The SMILES string of the molecule is CC(C)(C)OC(=O)NC(=N)c1ccc(OCCCN)cc1. The van der Waals surface area contributed by atoms with Crippen molar-refractivity contribution in [3.63, 3.8) is 0 Å². The van der Waals surface area contributed by atoms with E-state index in [-0.39, 0.29) is 5.84 Å². The Labute approximate surface area is 125 Å². The van der Waals surface area contributed by atoms with E-state index in [0.29, 0.717) is 24.5 Å². The largest absolute Gasteiger partial charge is 0.494 e. The molecule has 0 aliphatic rings. The van der Waals surface area contributed by atoms with Gasteiger partial charge in [0, 0.05) is 5.56 Å². The molecule has 1 aromatic carbocycles. The summed E-state index contributed by atoms with van der Waals surface area (Å²) in [7, 11) is 0. The second-order valence-corrected chi connectivity index (χ2v) is 5.52. The summed E-state index contributed by atoms with van der Waals surface area (Å²) < 4.78 is 10.6. The van der Waals surface area contributed by atoms with Gasteiger partial charge < -0.3 is 15.2 Å². The summed E-state index contributed by atoms with van der Waals surface area (Å²) >= 11 is 0. The maximum atomic E-state index is 11.6. The van der Waals surface area contributed by atoms with E-state index in [9.17, 15) is 4.79 Å². The number of nitrogens with one attached hydrogen (secondary N) is 2. The highest BCUT2D eigenvalue weighted by Gasteiger charge is 2.17. The lowest BCUT2D eigenvalue weighted by Gasteiger charge is -2.19. The number of rotatable bonds is 5. The van der Waals surface area contributed by atoms with Crippen LogP contribution in [-0.2, 0) is 4.74 Å². The number of hydrogen-bond acceptors (Lipinski definition) is 5. The standard InChI is InChI=1S/C15H23N3O3/c1-15(2,3)21-14(19)18-13(17)11-5-7-12(8-6-11)20-10-4-9-16/h5-8H,4,9-10,16H2,1-3H3,(H2,17,18,19). The minimum Gasteiger partial charge on any atom is -0.494 e. The second-order valence-electron chi connectivity index (χ2n) is 5.52. The Morgan fingerprint density at radius 2 is 1.90 bits per heavy atom. The molecule has 6 nitrogen and oxygen atoms in total. The van der Waals surface area contributed by atoms with Gasteiger partial charge in [0.2, 0.25) is 0 Å². The summed E-state index contributed by atoms with van der Waals surface area (Å²) in [5, 5.41) is 10.2. The van der Waals surface area contributed by atoms with Crippen LogP contribution in [0.3, 0.4) is 0 Å². The first-order valence-corrected chi connectivity index (χ1v) is 6.83. The Balaban J connectivity index is 2.53. The Bertz CT molecular complexity index is 478. The van der Waals surface area contributed by atoms with Gasteiger partial charge in [-0.25, -0.2) is 4.79 Å². The second kappa shape index (κ2) is 7.64. The van der Waals surface area contributed by atoms with Crippen LogP contribution in [-0.4, -0.2) is 30.7 Å². The molecule has 116 valence electrons. The molecule has 0 heterocycles. The fourth-order valence-electron chi connectivity index (χ4n) is 1.47. The van der Waals surface area contributed by atoms with Crippen LogP contribution >= 0.6 is 0 Å². The third kappa shape index (κ3) is 6.76. The molecular formula is C15H23N3O3. The summed E-state index contributed by atoms with van der Waals surface area (Å²) in [4.78, 5) is 11.6. The first-order chi connectivity index (χ1) is 9.81. The van der Waals surface area contributed by atoms with Crippen molar-refractivity contribution < 1.29 is 14.3 Å². The topological polar surface area (TPSA) is 97.4 Å². The van der Waals surface area contributed by atoms with Crippen molar-refractivity contribution in [2.45, 2.75) is 32.8 Å². The molecule has 0 fully saturated rings. The molecular weight excluding hydrogens is 270 g/mol. The number of carbonyl (C=O) groups excluding carboxylic acids is 1. The van der Waals surface area contributed by atoms with Gasteiger partial charge in [-0.3, -0.25) is 10.7 Å². The summed E-state index contributed by atoms with van der Waals surface area (Å²) in [6.45, 7) is 6.45. The Kier molecular flexibility index (Phi) is 6.17. The molecule has 0 radical (unpaired) electrons. The van der Waals surface area contributed by atoms with E-state index >= 15 is 0 Å². The molecule has 0 aromatic heterocycles. The van der Waals surface area contributed by atoms with Crippen LogP contribution in [0.25, 0.3) is 0 Å².